The van der Waals surface area contributed by atoms with Gasteiger partial charge in [0.25, 0.3) is 0 Å². The number of imidazole rings is 1. The van der Waals surface area contributed by atoms with E-state index in [-0.39, 0.29) is 5.91 Å². The summed E-state index contributed by atoms with van der Waals surface area (Å²) in [6, 6.07) is 20.9. The smallest absolute Gasteiger partial charge is 0.221 e. The van der Waals surface area contributed by atoms with E-state index in [9.17, 15) is 4.79 Å². The molecule has 1 N–H and O–H groups in total. The summed E-state index contributed by atoms with van der Waals surface area (Å²) in [6.45, 7) is 7.78. The Balaban J connectivity index is 1.21. The third-order valence-corrected chi connectivity index (χ3v) is 6.88. The third kappa shape index (κ3) is 5.43. The van der Waals surface area contributed by atoms with Gasteiger partial charge in [0.1, 0.15) is 11.3 Å². The first kappa shape index (κ1) is 23.2. The number of carbonyl (C=O) groups excluding carboxylic acids is 1. The van der Waals surface area contributed by atoms with Gasteiger partial charge in [-0.25, -0.2) is 9.97 Å². The fourth-order valence-electron chi connectivity index (χ4n) is 5.15. The number of hydrogen-bond donors (Lipinski definition) is 1. The van der Waals surface area contributed by atoms with Gasteiger partial charge >= 0.3 is 0 Å². The summed E-state index contributed by atoms with van der Waals surface area (Å²) in [7, 11) is 0. The van der Waals surface area contributed by atoms with Crippen molar-refractivity contribution in [3.63, 3.8) is 0 Å². The van der Waals surface area contributed by atoms with E-state index in [1.54, 1.807) is 6.92 Å². The summed E-state index contributed by atoms with van der Waals surface area (Å²) < 4.78 is 2.28. The molecule has 3 heterocycles. The molecule has 1 saturated heterocycles. The molecule has 35 heavy (non-hydrogen) atoms. The lowest BCUT2D eigenvalue weighted by Gasteiger charge is -2.32. The number of hydrogen-bond acceptors (Lipinski definition) is 4. The molecule has 0 radical (unpaired) electrons. The van der Waals surface area contributed by atoms with Gasteiger partial charge < -0.3 is 14.8 Å². The topological polar surface area (TPSA) is 63.1 Å². The molecular weight excluding hydrogens is 434 g/mol. The molecule has 6 heteroatoms. The Morgan fingerprint density at radius 1 is 1.03 bits per heavy atom. The maximum atomic E-state index is 11.4. The van der Waals surface area contributed by atoms with Crippen LogP contribution in [-0.4, -0.2) is 45.0 Å². The molecule has 2 aromatic heterocycles. The van der Waals surface area contributed by atoms with Crippen molar-refractivity contribution < 1.29 is 4.79 Å². The van der Waals surface area contributed by atoms with E-state index in [2.05, 4.69) is 64.2 Å². The average Bonchev–Trinajstić information content (AvgIpc) is 3.22. The molecule has 5 rings (SSSR count). The minimum Gasteiger partial charge on any atom is -0.326 e. The molecule has 0 unspecified atom stereocenters. The van der Waals surface area contributed by atoms with E-state index in [4.69, 9.17) is 9.97 Å². The molecule has 6 nitrogen and oxygen atoms in total. The molecule has 180 valence electrons. The second kappa shape index (κ2) is 10.4. The van der Waals surface area contributed by atoms with Crippen LogP contribution in [-0.2, 0) is 11.3 Å². The predicted molar refractivity (Wildman–Crippen MR) is 141 cm³/mol. The van der Waals surface area contributed by atoms with Crippen molar-refractivity contribution >= 4 is 22.8 Å². The van der Waals surface area contributed by atoms with Crippen LogP contribution in [0.1, 0.15) is 43.2 Å². The lowest BCUT2D eigenvalue weighted by atomic mass is 9.89. The number of piperidine rings is 1. The highest BCUT2D eigenvalue weighted by molar-refractivity contribution is 5.88. The van der Waals surface area contributed by atoms with Crippen LogP contribution in [0.5, 0.6) is 0 Å². The predicted octanol–water partition coefficient (Wildman–Crippen LogP) is 5.63. The molecule has 1 aliphatic heterocycles. The number of benzene rings is 2. The van der Waals surface area contributed by atoms with Gasteiger partial charge in [0.05, 0.1) is 0 Å². The van der Waals surface area contributed by atoms with Gasteiger partial charge in [-0.3, -0.25) is 4.79 Å². The molecule has 1 aliphatic rings. The van der Waals surface area contributed by atoms with Crippen molar-refractivity contribution in [1.29, 1.82) is 0 Å². The van der Waals surface area contributed by atoms with Crippen LogP contribution in [0, 0.1) is 6.92 Å². The molecule has 2 aromatic carbocycles. The number of fused-ring (bicyclic) bond motifs is 1. The van der Waals surface area contributed by atoms with Gasteiger partial charge in [-0.1, -0.05) is 42.5 Å². The Hall–Kier alpha value is -3.51. The summed E-state index contributed by atoms with van der Waals surface area (Å²) in [5.74, 6) is 1.52. The second-order valence-corrected chi connectivity index (χ2v) is 9.58. The van der Waals surface area contributed by atoms with Crippen LogP contribution in [0.4, 0.5) is 5.69 Å². The highest BCUT2D eigenvalue weighted by Crippen LogP contribution is 2.30. The number of nitrogens with one attached hydrogen (secondary N) is 1. The first-order valence-corrected chi connectivity index (χ1v) is 12.5. The van der Waals surface area contributed by atoms with Crippen molar-refractivity contribution in [2.45, 2.75) is 45.6 Å². The first-order valence-electron chi connectivity index (χ1n) is 12.5. The van der Waals surface area contributed by atoms with Gasteiger partial charge in [0.2, 0.25) is 5.91 Å². The molecule has 0 saturated carbocycles. The summed E-state index contributed by atoms with van der Waals surface area (Å²) >= 11 is 0. The zero-order valence-corrected chi connectivity index (χ0v) is 20.6. The number of likely N-dealkylation sites (tertiary alicyclic amines) is 1. The Bertz CT molecular complexity index is 1310. The number of pyridine rings is 1. The normalized spacial score (nSPS) is 14.9. The molecule has 1 amide bonds. The number of anilines is 1. The fourth-order valence-corrected chi connectivity index (χ4v) is 5.15. The number of carbonyl (C=O) groups is 1. The van der Waals surface area contributed by atoms with E-state index < -0.39 is 0 Å². The van der Waals surface area contributed by atoms with E-state index in [0.717, 1.165) is 79.2 Å². The standard InChI is InChI=1S/C29H33N5O/c1-21-18-27-29(30-20-21)34(28(32-27)24-8-4-3-5-9-24)15-7-14-33-16-12-23(13-17-33)25-10-6-11-26(19-25)31-22(2)35/h3-6,8-11,18-20,23H,7,12-17H2,1-2H3,(H,31,35). The molecule has 0 aliphatic carbocycles. The summed E-state index contributed by atoms with van der Waals surface area (Å²) in [4.78, 5) is 23.6. The summed E-state index contributed by atoms with van der Waals surface area (Å²) in [5.41, 5.74) is 6.41. The van der Waals surface area contributed by atoms with Crippen molar-refractivity contribution in [1.82, 2.24) is 19.4 Å². The zero-order chi connectivity index (χ0) is 24.2. The molecule has 1 fully saturated rings. The number of rotatable bonds is 7. The highest BCUT2D eigenvalue weighted by Gasteiger charge is 2.21. The molecular formula is C29H33N5O. The van der Waals surface area contributed by atoms with E-state index in [1.807, 2.05) is 24.4 Å². The second-order valence-electron chi connectivity index (χ2n) is 9.58. The Kier molecular flexibility index (Phi) is 6.91. The SMILES string of the molecule is CC(=O)Nc1cccc(C2CCN(CCCn3c(-c4ccccc4)nc4cc(C)cnc43)CC2)c1. The minimum absolute atomic E-state index is 0.0246. The van der Waals surface area contributed by atoms with Crippen LogP contribution in [0.2, 0.25) is 0 Å². The van der Waals surface area contributed by atoms with Crippen LogP contribution in [0.25, 0.3) is 22.6 Å². The minimum atomic E-state index is -0.0246. The Morgan fingerprint density at radius 3 is 2.60 bits per heavy atom. The van der Waals surface area contributed by atoms with Gasteiger partial charge in [0, 0.05) is 30.9 Å². The van der Waals surface area contributed by atoms with Crippen LogP contribution < -0.4 is 5.32 Å². The molecule has 4 aromatic rings. The van der Waals surface area contributed by atoms with Crippen molar-refractivity contribution in [3.05, 3.63) is 78.0 Å². The maximum absolute atomic E-state index is 11.4. The van der Waals surface area contributed by atoms with Crippen LogP contribution in [0.15, 0.2) is 66.9 Å². The third-order valence-electron chi connectivity index (χ3n) is 6.88. The Labute approximate surface area is 207 Å². The van der Waals surface area contributed by atoms with Crippen molar-refractivity contribution in [2.24, 2.45) is 0 Å². The number of amides is 1. The first-order chi connectivity index (χ1) is 17.1. The van der Waals surface area contributed by atoms with E-state index in [1.165, 1.54) is 5.56 Å². The van der Waals surface area contributed by atoms with Gasteiger partial charge in [0.15, 0.2) is 5.65 Å². The maximum Gasteiger partial charge on any atom is 0.221 e. The van der Waals surface area contributed by atoms with Crippen LogP contribution >= 0.6 is 0 Å². The molecule has 0 atom stereocenters. The lowest BCUT2D eigenvalue weighted by Crippen LogP contribution is -2.34. The quantitative estimate of drug-likeness (QED) is 0.382. The molecule has 0 spiro atoms. The summed E-state index contributed by atoms with van der Waals surface area (Å²) in [6.07, 6.45) is 5.28. The van der Waals surface area contributed by atoms with Crippen LogP contribution in [0.3, 0.4) is 0 Å². The fraction of sp³-hybridized carbons (Fsp3) is 0.345. The van der Waals surface area contributed by atoms with E-state index >= 15 is 0 Å². The number of aromatic nitrogens is 3. The largest absolute Gasteiger partial charge is 0.326 e. The Morgan fingerprint density at radius 2 is 1.83 bits per heavy atom. The highest BCUT2D eigenvalue weighted by atomic mass is 16.1. The van der Waals surface area contributed by atoms with Crippen molar-refractivity contribution in [3.8, 4) is 11.4 Å². The number of nitrogens with zero attached hydrogens (tertiary/aromatic N) is 4. The van der Waals surface area contributed by atoms with Gasteiger partial charge in [-0.15, -0.1) is 0 Å². The molecule has 0 bridgehead atoms. The summed E-state index contributed by atoms with van der Waals surface area (Å²) in [5, 5.41) is 2.90. The van der Waals surface area contributed by atoms with E-state index in [0.29, 0.717) is 5.92 Å². The average molecular weight is 468 g/mol. The van der Waals surface area contributed by atoms with Crippen molar-refractivity contribution in [2.75, 3.05) is 25.0 Å². The zero-order valence-electron chi connectivity index (χ0n) is 20.6. The van der Waals surface area contributed by atoms with Gasteiger partial charge in [-0.2, -0.15) is 0 Å². The monoisotopic (exact) mass is 467 g/mol. The van der Waals surface area contributed by atoms with Gasteiger partial charge in [-0.05, 0) is 81.1 Å². The lowest BCUT2D eigenvalue weighted by molar-refractivity contribution is -0.114. The number of aryl methyl sites for hydroxylation is 2.